The highest BCUT2D eigenvalue weighted by Gasteiger charge is 2.24. The van der Waals surface area contributed by atoms with E-state index >= 15 is 0 Å². The van der Waals surface area contributed by atoms with Crippen LogP contribution < -0.4 is 4.74 Å². The van der Waals surface area contributed by atoms with E-state index in [1.54, 1.807) is 6.92 Å². The number of aliphatic carboxylic acids is 1. The van der Waals surface area contributed by atoms with Gasteiger partial charge in [-0.05, 0) is 49.3 Å². The molecule has 0 bridgehead atoms. The van der Waals surface area contributed by atoms with Gasteiger partial charge in [-0.1, -0.05) is 26.0 Å². The van der Waals surface area contributed by atoms with Crippen molar-refractivity contribution < 1.29 is 14.6 Å². The van der Waals surface area contributed by atoms with Gasteiger partial charge in [0.1, 0.15) is 5.75 Å². The highest BCUT2D eigenvalue weighted by molar-refractivity contribution is 5.71. The highest BCUT2D eigenvalue weighted by atomic mass is 16.5. The molecule has 0 aliphatic heterocycles. The molecule has 3 nitrogen and oxygen atoms in total. The van der Waals surface area contributed by atoms with Crippen molar-refractivity contribution in [3.63, 3.8) is 0 Å². The van der Waals surface area contributed by atoms with E-state index in [0.29, 0.717) is 6.10 Å². The van der Waals surface area contributed by atoms with E-state index in [0.717, 1.165) is 30.6 Å². The van der Waals surface area contributed by atoms with Gasteiger partial charge < -0.3 is 9.84 Å². The Bertz CT molecular complexity index is 437. The van der Waals surface area contributed by atoms with Gasteiger partial charge in [-0.2, -0.15) is 0 Å². The molecule has 2 atom stereocenters. The molecule has 2 rings (SSSR count). The molecule has 1 aromatic carbocycles. The van der Waals surface area contributed by atoms with Crippen LogP contribution in [0.15, 0.2) is 24.3 Å². The van der Waals surface area contributed by atoms with Crippen LogP contribution in [0.2, 0.25) is 0 Å². The first-order valence-electron chi connectivity index (χ1n) is 7.11. The second-order valence-electron chi connectivity index (χ2n) is 5.38. The van der Waals surface area contributed by atoms with Crippen molar-refractivity contribution in [3.8, 4) is 5.75 Å². The Labute approximate surface area is 114 Å². The van der Waals surface area contributed by atoms with Crippen LogP contribution in [-0.2, 0) is 4.79 Å². The summed E-state index contributed by atoms with van der Waals surface area (Å²) >= 11 is 0. The lowest BCUT2D eigenvalue weighted by Crippen LogP contribution is -2.24. The summed E-state index contributed by atoms with van der Waals surface area (Å²) in [5, 5.41) is 9.18. The minimum Gasteiger partial charge on any atom is -0.490 e. The van der Waals surface area contributed by atoms with Crippen LogP contribution in [-0.4, -0.2) is 17.2 Å². The normalized spacial score (nSPS) is 18.4. The van der Waals surface area contributed by atoms with Crippen molar-refractivity contribution in [3.05, 3.63) is 29.8 Å². The SMILES string of the molecule is CC[C@H](c1cccc(OC2CCC2)c1)[C@H](C)C(=O)O. The molecule has 0 saturated heterocycles. The fraction of sp³-hybridized carbons (Fsp3) is 0.562. The first kappa shape index (κ1) is 13.9. The lowest BCUT2D eigenvalue weighted by atomic mass is 9.85. The van der Waals surface area contributed by atoms with Gasteiger partial charge >= 0.3 is 5.97 Å². The average molecular weight is 262 g/mol. The van der Waals surface area contributed by atoms with E-state index in [2.05, 4.69) is 0 Å². The highest BCUT2D eigenvalue weighted by Crippen LogP contribution is 2.32. The molecule has 1 aliphatic carbocycles. The Morgan fingerprint density at radius 2 is 2.21 bits per heavy atom. The Morgan fingerprint density at radius 3 is 2.74 bits per heavy atom. The second-order valence-corrected chi connectivity index (χ2v) is 5.38. The summed E-state index contributed by atoms with van der Waals surface area (Å²) in [6.07, 6.45) is 4.69. The van der Waals surface area contributed by atoms with Crippen molar-refractivity contribution in [2.75, 3.05) is 0 Å². The maximum atomic E-state index is 11.2. The number of ether oxygens (including phenoxy) is 1. The van der Waals surface area contributed by atoms with Crippen molar-refractivity contribution in [1.29, 1.82) is 0 Å². The molecule has 1 aliphatic rings. The molecule has 0 amide bonds. The van der Waals surface area contributed by atoms with E-state index in [-0.39, 0.29) is 11.8 Å². The Morgan fingerprint density at radius 1 is 1.47 bits per heavy atom. The lowest BCUT2D eigenvalue weighted by molar-refractivity contribution is -0.141. The smallest absolute Gasteiger partial charge is 0.306 e. The van der Waals surface area contributed by atoms with Crippen molar-refractivity contribution >= 4 is 5.97 Å². The second kappa shape index (κ2) is 6.09. The first-order chi connectivity index (χ1) is 9.11. The van der Waals surface area contributed by atoms with Crippen molar-refractivity contribution in [1.82, 2.24) is 0 Å². The summed E-state index contributed by atoms with van der Waals surface area (Å²) in [6.45, 7) is 3.81. The number of carboxylic acid groups (broad SMARTS) is 1. The van der Waals surface area contributed by atoms with E-state index in [9.17, 15) is 9.90 Å². The zero-order chi connectivity index (χ0) is 13.8. The molecule has 1 N–H and O–H groups in total. The third-order valence-corrected chi connectivity index (χ3v) is 4.07. The van der Waals surface area contributed by atoms with E-state index in [1.807, 2.05) is 31.2 Å². The number of carboxylic acids is 1. The number of benzene rings is 1. The minimum absolute atomic E-state index is 0.0439. The van der Waals surface area contributed by atoms with Gasteiger partial charge in [0.25, 0.3) is 0 Å². The topological polar surface area (TPSA) is 46.5 Å². The van der Waals surface area contributed by atoms with Gasteiger partial charge in [0.15, 0.2) is 0 Å². The molecule has 1 saturated carbocycles. The fourth-order valence-corrected chi connectivity index (χ4v) is 2.55. The van der Waals surface area contributed by atoms with Gasteiger partial charge in [0.05, 0.1) is 12.0 Å². The van der Waals surface area contributed by atoms with Crippen LogP contribution >= 0.6 is 0 Å². The Hall–Kier alpha value is -1.51. The van der Waals surface area contributed by atoms with Gasteiger partial charge in [-0.15, -0.1) is 0 Å². The number of rotatable bonds is 6. The van der Waals surface area contributed by atoms with Crippen LogP contribution in [0, 0.1) is 5.92 Å². The quantitative estimate of drug-likeness (QED) is 0.847. The third-order valence-electron chi connectivity index (χ3n) is 4.07. The average Bonchev–Trinajstić information content (AvgIpc) is 2.35. The minimum atomic E-state index is -0.739. The largest absolute Gasteiger partial charge is 0.490 e. The number of hydrogen-bond acceptors (Lipinski definition) is 2. The molecule has 1 fully saturated rings. The molecule has 0 spiro atoms. The maximum Gasteiger partial charge on any atom is 0.306 e. The molecule has 0 aromatic heterocycles. The summed E-state index contributed by atoms with van der Waals surface area (Å²) in [5.74, 6) is -0.193. The van der Waals surface area contributed by atoms with Gasteiger partial charge in [0, 0.05) is 0 Å². The molecule has 104 valence electrons. The Balaban J connectivity index is 2.13. The van der Waals surface area contributed by atoms with Crippen molar-refractivity contribution in [2.24, 2.45) is 5.92 Å². The summed E-state index contributed by atoms with van der Waals surface area (Å²) in [4.78, 5) is 11.2. The number of carbonyl (C=O) groups is 1. The monoisotopic (exact) mass is 262 g/mol. The third kappa shape index (κ3) is 3.28. The van der Waals surface area contributed by atoms with E-state index in [4.69, 9.17) is 4.74 Å². The number of hydrogen-bond donors (Lipinski definition) is 1. The van der Waals surface area contributed by atoms with Crippen molar-refractivity contribution in [2.45, 2.75) is 51.6 Å². The standard InChI is InChI=1S/C16H22O3/c1-3-15(11(2)16(17)18)12-6-4-9-14(10-12)19-13-7-5-8-13/h4,6,9-11,13,15H,3,5,7-8H2,1-2H3,(H,17,18)/t11-,15-/m0/s1. The fourth-order valence-electron chi connectivity index (χ4n) is 2.55. The summed E-state index contributed by atoms with van der Waals surface area (Å²) in [6, 6.07) is 7.92. The molecule has 0 radical (unpaired) electrons. The molecule has 19 heavy (non-hydrogen) atoms. The molecule has 0 heterocycles. The maximum absolute atomic E-state index is 11.2. The molecular formula is C16H22O3. The molecule has 0 unspecified atom stereocenters. The summed E-state index contributed by atoms with van der Waals surface area (Å²) in [7, 11) is 0. The van der Waals surface area contributed by atoms with Crippen LogP contribution in [0.5, 0.6) is 5.75 Å². The molecular weight excluding hydrogens is 240 g/mol. The Kier molecular flexibility index (Phi) is 4.46. The van der Waals surface area contributed by atoms with E-state index < -0.39 is 5.97 Å². The van der Waals surface area contributed by atoms with Gasteiger partial charge in [0.2, 0.25) is 0 Å². The first-order valence-corrected chi connectivity index (χ1v) is 7.11. The van der Waals surface area contributed by atoms with Crippen LogP contribution in [0.4, 0.5) is 0 Å². The van der Waals surface area contributed by atoms with Crippen LogP contribution in [0.3, 0.4) is 0 Å². The van der Waals surface area contributed by atoms with Crippen LogP contribution in [0.1, 0.15) is 51.0 Å². The predicted molar refractivity (Wildman–Crippen MR) is 74.5 cm³/mol. The van der Waals surface area contributed by atoms with E-state index in [1.165, 1.54) is 6.42 Å². The zero-order valence-corrected chi connectivity index (χ0v) is 11.6. The lowest BCUT2D eigenvalue weighted by Gasteiger charge is -2.27. The summed E-state index contributed by atoms with van der Waals surface area (Å²) in [5.41, 5.74) is 1.06. The van der Waals surface area contributed by atoms with Gasteiger partial charge in [-0.25, -0.2) is 0 Å². The predicted octanol–water partition coefficient (Wildman–Crippen LogP) is 3.83. The molecule has 3 heteroatoms. The summed E-state index contributed by atoms with van der Waals surface area (Å²) < 4.78 is 5.88. The van der Waals surface area contributed by atoms with Gasteiger partial charge in [-0.3, -0.25) is 4.79 Å². The molecule has 1 aromatic rings. The zero-order valence-electron chi connectivity index (χ0n) is 11.6. The van der Waals surface area contributed by atoms with Crippen LogP contribution in [0.25, 0.3) is 0 Å².